The number of Topliss-reactive ketones (excluding diaryl/α,β-unsaturated/α-hetero) is 1. The summed E-state index contributed by atoms with van der Waals surface area (Å²) in [5.74, 6) is 0.0244. The summed E-state index contributed by atoms with van der Waals surface area (Å²) in [5, 5.41) is 0.896. The van der Waals surface area contributed by atoms with Gasteiger partial charge in [0.15, 0.2) is 0 Å². The summed E-state index contributed by atoms with van der Waals surface area (Å²) in [6.07, 6.45) is 4.40. The lowest BCUT2D eigenvalue weighted by atomic mass is 10.0. The molecule has 1 saturated heterocycles. The minimum Gasteiger partial charge on any atom is -0.335 e. The minimum atomic E-state index is -0.0902. The van der Waals surface area contributed by atoms with Gasteiger partial charge in [-0.3, -0.25) is 9.59 Å². The van der Waals surface area contributed by atoms with E-state index in [1.165, 1.54) is 0 Å². The Morgan fingerprint density at radius 2 is 1.81 bits per heavy atom. The number of nitrogens with zero attached hydrogens (tertiary/aromatic N) is 1. The topological polar surface area (TPSA) is 37.4 Å². The van der Waals surface area contributed by atoms with Crippen LogP contribution in [-0.2, 0) is 4.79 Å². The van der Waals surface area contributed by atoms with Crippen molar-refractivity contribution in [2.75, 3.05) is 6.54 Å². The number of carbonyl (C=O) groups is 2. The largest absolute Gasteiger partial charge is 0.335 e. The van der Waals surface area contributed by atoms with Gasteiger partial charge in [0.25, 0.3) is 5.91 Å². The number of likely N-dealkylation sites (tertiary alicyclic amines) is 1. The van der Waals surface area contributed by atoms with Crippen LogP contribution in [0.2, 0.25) is 10.0 Å². The predicted molar refractivity (Wildman–Crippen MR) is 85.1 cm³/mol. The van der Waals surface area contributed by atoms with Crippen LogP contribution in [0.4, 0.5) is 0 Å². The van der Waals surface area contributed by atoms with Gasteiger partial charge in [-0.25, -0.2) is 0 Å². The van der Waals surface area contributed by atoms with Gasteiger partial charge in [-0.15, -0.1) is 0 Å². The Bertz CT molecular complexity index is 525. The van der Waals surface area contributed by atoms with Gasteiger partial charge in [0.2, 0.25) is 0 Å². The van der Waals surface area contributed by atoms with Gasteiger partial charge in [-0.2, -0.15) is 0 Å². The standard InChI is InChI=1S/C16H19Cl2NO2/c1-11(20)7-15-5-3-2-4-6-19(15)16(21)12-8-13(17)10-14(18)9-12/h8-10,15H,2-7H2,1H3. The third-order valence-corrected chi connectivity index (χ3v) is 4.21. The normalized spacial score (nSPS) is 19.2. The van der Waals surface area contributed by atoms with Gasteiger partial charge in [-0.1, -0.05) is 36.0 Å². The molecule has 1 amide bonds. The Morgan fingerprint density at radius 3 is 2.43 bits per heavy atom. The van der Waals surface area contributed by atoms with E-state index in [0.29, 0.717) is 28.6 Å². The first-order valence-electron chi connectivity index (χ1n) is 7.24. The van der Waals surface area contributed by atoms with Gasteiger partial charge in [0.05, 0.1) is 0 Å². The number of rotatable bonds is 3. The molecule has 0 spiro atoms. The molecule has 1 aromatic carbocycles. The van der Waals surface area contributed by atoms with Crippen LogP contribution in [0.1, 0.15) is 49.4 Å². The van der Waals surface area contributed by atoms with E-state index >= 15 is 0 Å². The number of halogens is 2. The van der Waals surface area contributed by atoms with Crippen LogP contribution in [0.25, 0.3) is 0 Å². The second-order valence-corrected chi connectivity index (χ2v) is 6.44. The average molecular weight is 328 g/mol. The zero-order valence-corrected chi connectivity index (χ0v) is 13.6. The van der Waals surface area contributed by atoms with Gasteiger partial charge in [0, 0.05) is 34.6 Å². The van der Waals surface area contributed by atoms with Crippen molar-refractivity contribution in [3.63, 3.8) is 0 Å². The quantitative estimate of drug-likeness (QED) is 0.827. The highest BCUT2D eigenvalue weighted by molar-refractivity contribution is 6.35. The molecule has 0 saturated carbocycles. The van der Waals surface area contributed by atoms with Crippen LogP contribution in [0, 0.1) is 0 Å². The Balaban J connectivity index is 2.26. The zero-order chi connectivity index (χ0) is 15.4. The summed E-state index contributed by atoms with van der Waals surface area (Å²) in [5.41, 5.74) is 0.489. The Labute approximate surface area is 135 Å². The highest BCUT2D eigenvalue weighted by atomic mass is 35.5. The maximum Gasteiger partial charge on any atom is 0.254 e. The first-order chi connectivity index (χ1) is 9.97. The molecule has 2 rings (SSSR count). The van der Waals surface area contributed by atoms with E-state index in [0.717, 1.165) is 25.7 Å². The minimum absolute atomic E-state index is 0.0183. The van der Waals surface area contributed by atoms with E-state index in [1.807, 2.05) is 4.90 Å². The first kappa shape index (κ1) is 16.3. The molecule has 1 heterocycles. The second-order valence-electron chi connectivity index (χ2n) is 5.57. The maximum atomic E-state index is 12.7. The van der Waals surface area contributed by atoms with E-state index in [4.69, 9.17) is 23.2 Å². The molecular formula is C16H19Cl2NO2. The van der Waals surface area contributed by atoms with Crippen molar-refractivity contribution in [1.82, 2.24) is 4.90 Å². The van der Waals surface area contributed by atoms with Crippen molar-refractivity contribution in [2.45, 2.75) is 45.1 Å². The van der Waals surface area contributed by atoms with Gasteiger partial charge >= 0.3 is 0 Å². The predicted octanol–water partition coefficient (Wildman–Crippen LogP) is 4.36. The molecule has 1 atom stereocenters. The van der Waals surface area contributed by atoms with Crippen LogP contribution in [0.5, 0.6) is 0 Å². The van der Waals surface area contributed by atoms with Crippen molar-refractivity contribution in [1.29, 1.82) is 0 Å². The maximum absolute atomic E-state index is 12.7. The Hall–Kier alpha value is -1.06. The number of carbonyl (C=O) groups excluding carboxylic acids is 2. The molecular weight excluding hydrogens is 309 g/mol. The van der Waals surface area contributed by atoms with Crippen LogP contribution in [0.3, 0.4) is 0 Å². The van der Waals surface area contributed by atoms with Crippen molar-refractivity contribution < 1.29 is 9.59 Å². The SMILES string of the molecule is CC(=O)CC1CCCCCN1C(=O)c1cc(Cl)cc(Cl)c1. The number of hydrogen-bond donors (Lipinski definition) is 0. The highest BCUT2D eigenvalue weighted by Gasteiger charge is 2.27. The lowest BCUT2D eigenvalue weighted by molar-refractivity contribution is -0.118. The lowest BCUT2D eigenvalue weighted by Gasteiger charge is -2.29. The molecule has 21 heavy (non-hydrogen) atoms. The molecule has 1 unspecified atom stereocenters. The average Bonchev–Trinajstić information content (AvgIpc) is 2.61. The van der Waals surface area contributed by atoms with Gasteiger partial charge in [0.1, 0.15) is 5.78 Å². The van der Waals surface area contributed by atoms with Gasteiger partial charge in [-0.05, 0) is 38.0 Å². The molecule has 0 aliphatic carbocycles. The van der Waals surface area contributed by atoms with Crippen molar-refractivity contribution in [3.8, 4) is 0 Å². The number of hydrogen-bond acceptors (Lipinski definition) is 2. The Morgan fingerprint density at radius 1 is 1.14 bits per heavy atom. The van der Waals surface area contributed by atoms with Crippen LogP contribution in [-0.4, -0.2) is 29.2 Å². The summed E-state index contributed by atoms with van der Waals surface area (Å²) in [4.78, 5) is 26.0. The fraction of sp³-hybridized carbons (Fsp3) is 0.500. The second kappa shape index (κ2) is 7.28. The number of benzene rings is 1. The third-order valence-electron chi connectivity index (χ3n) is 3.77. The molecule has 0 radical (unpaired) electrons. The van der Waals surface area contributed by atoms with Gasteiger partial charge < -0.3 is 4.90 Å². The molecule has 114 valence electrons. The molecule has 1 aliphatic rings. The van der Waals surface area contributed by atoms with Crippen molar-refractivity contribution in [3.05, 3.63) is 33.8 Å². The van der Waals surface area contributed by atoms with Crippen LogP contribution < -0.4 is 0 Å². The molecule has 0 bridgehead atoms. The van der Waals surface area contributed by atoms with Crippen LogP contribution in [0.15, 0.2) is 18.2 Å². The van der Waals surface area contributed by atoms with E-state index in [9.17, 15) is 9.59 Å². The van der Waals surface area contributed by atoms with Crippen molar-refractivity contribution in [2.24, 2.45) is 0 Å². The first-order valence-corrected chi connectivity index (χ1v) is 7.99. The van der Waals surface area contributed by atoms with Crippen LogP contribution >= 0.6 is 23.2 Å². The third kappa shape index (κ3) is 4.45. The molecule has 3 nitrogen and oxygen atoms in total. The molecule has 1 fully saturated rings. The molecule has 0 N–H and O–H groups in total. The summed E-state index contributed by atoms with van der Waals surface area (Å²) < 4.78 is 0. The summed E-state index contributed by atoms with van der Waals surface area (Å²) in [7, 11) is 0. The fourth-order valence-electron chi connectivity index (χ4n) is 2.83. The molecule has 1 aliphatic heterocycles. The van der Waals surface area contributed by atoms with Crippen molar-refractivity contribution >= 4 is 34.9 Å². The molecule has 5 heteroatoms. The lowest BCUT2D eigenvalue weighted by Crippen LogP contribution is -2.41. The monoisotopic (exact) mass is 327 g/mol. The van der Waals surface area contributed by atoms with E-state index in [1.54, 1.807) is 25.1 Å². The van der Waals surface area contributed by atoms with E-state index < -0.39 is 0 Å². The molecule has 0 aromatic heterocycles. The van der Waals surface area contributed by atoms with E-state index in [-0.39, 0.29) is 17.7 Å². The Kier molecular flexibility index (Phi) is 5.65. The van der Waals surface area contributed by atoms with E-state index in [2.05, 4.69) is 0 Å². The zero-order valence-electron chi connectivity index (χ0n) is 12.1. The summed E-state index contributed by atoms with van der Waals surface area (Å²) in [6, 6.07) is 4.85. The smallest absolute Gasteiger partial charge is 0.254 e. The summed E-state index contributed by atoms with van der Waals surface area (Å²) in [6.45, 7) is 2.25. The summed E-state index contributed by atoms with van der Waals surface area (Å²) >= 11 is 12.0. The number of ketones is 1. The highest BCUT2D eigenvalue weighted by Crippen LogP contribution is 2.25. The fourth-order valence-corrected chi connectivity index (χ4v) is 3.36. The molecule has 1 aromatic rings. The number of amides is 1.